The zero-order valence-electron chi connectivity index (χ0n) is 11.7. The molecule has 0 aliphatic carbocycles. The quantitative estimate of drug-likeness (QED) is 0.666. The van der Waals surface area contributed by atoms with Crippen LogP contribution in [0.25, 0.3) is 0 Å². The molecule has 1 atom stereocenters. The average Bonchev–Trinajstić information content (AvgIpc) is 2.93. The standard InChI is InChI=1S/C12H16ClN3O4S/c1-8-5-10(16(17)18)12(13)11(6-8)21(19,20)15(2)9-3-4-14-7-9/h5-6,9,14H,3-4,7H2,1-2H3. The fraction of sp³-hybridized carbons (Fsp3) is 0.500. The number of halogens is 1. The second-order valence-electron chi connectivity index (χ2n) is 5.02. The van der Waals surface area contributed by atoms with E-state index >= 15 is 0 Å². The van der Waals surface area contributed by atoms with Gasteiger partial charge in [0.25, 0.3) is 5.69 Å². The van der Waals surface area contributed by atoms with Gasteiger partial charge in [0.2, 0.25) is 10.0 Å². The summed E-state index contributed by atoms with van der Waals surface area (Å²) in [5, 5.41) is 13.7. The Kier molecular flexibility index (Phi) is 4.52. The molecule has 0 amide bonds. The second kappa shape index (κ2) is 5.88. The highest BCUT2D eigenvalue weighted by molar-refractivity contribution is 7.89. The number of likely N-dealkylation sites (N-methyl/N-ethyl adjacent to an activating group) is 1. The fourth-order valence-corrected chi connectivity index (χ4v) is 4.36. The van der Waals surface area contributed by atoms with Crippen LogP contribution in [0.15, 0.2) is 17.0 Å². The summed E-state index contributed by atoms with van der Waals surface area (Å²) in [5.41, 5.74) is 0.0795. The maximum atomic E-state index is 12.7. The minimum absolute atomic E-state index is 0.175. The number of rotatable bonds is 4. The van der Waals surface area contributed by atoms with Gasteiger partial charge < -0.3 is 5.32 Å². The van der Waals surface area contributed by atoms with E-state index < -0.39 is 20.6 Å². The molecule has 0 aromatic heterocycles. The lowest BCUT2D eigenvalue weighted by atomic mass is 10.2. The molecule has 1 N–H and O–H groups in total. The summed E-state index contributed by atoms with van der Waals surface area (Å²) >= 11 is 5.95. The number of hydrogen-bond acceptors (Lipinski definition) is 5. The Balaban J connectivity index is 2.51. The molecule has 0 saturated carbocycles. The summed E-state index contributed by atoms with van der Waals surface area (Å²) in [5.74, 6) is 0. The third kappa shape index (κ3) is 3.03. The molecule has 0 spiro atoms. The van der Waals surface area contributed by atoms with Crippen molar-refractivity contribution in [2.75, 3.05) is 20.1 Å². The van der Waals surface area contributed by atoms with Crippen LogP contribution in [-0.2, 0) is 10.0 Å². The first-order valence-electron chi connectivity index (χ1n) is 6.38. The number of nitro benzene ring substituents is 1. The van der Waals surface area contributed by atoms with E-state index in [0.29, 0.717) is 18.5 Å². The van der Waals surface area contributed by atoms with Crippen molar-refractivity contribution in [3.05, 3.63) is 32.8 Å². The van der Waals surface area contributed by atoms with E-state index in [1.165, 1.54) is 23.5 Å². The van der Waals surface area contributed by atoms with E-state index in [2.05, 4.69) is 5.32 Å². The molecular weight excluding hydrogens is 318 g/mol. The summed E-state index contributed by atoms with van der Waals surface area (Å²) < 4.78 is 26.5. The Morgan fingerprint density at radius 2 is 2.14 bits per heavy atom. The van der Waals surface area contributed by atoms with Gasteiger partial charge in [-0.3, -0.25) is 10.1 Å². The van der Waals surface area contributed by atoms with Crippen LogP contribution in [-0.4, -0.2) is 43.8 Å². The van der Waals surface area contributed by atoms with Gasteiger partial charge in [-0.15, -0.1) is 0 Å². The molecular formula is C12H16ClN3O4S. The van der Waals surface area contributed by atoms with Gasteiger partial charge in [-0.25, -0.2) is 8.42 Å². The normalized spacial score (nSPS) is 19.1. The first-order chi connectivity index (χ1) is 9.75. The smallest absolute Gasteiger partial charge is 0.289 e. The van der Waals surface area contributed by atoms with Gasteiger partial charge in [-0.05, 0) is 31.5 Å². The molecule has 1 aromatic carbocycles. The lowest BCUT2D eigenvalue weighted by molar-refractivity contribution is -0.385. The summed E-state index contributed by atoms with van der Waals surface area (Å²) in [7, 11) is -2.40. The zero-order chi connectivity index (χ0) is 15.8. The molecule has 1 saturated heterocycles. The molecule has 0 bridgehead atoms. The molecule has 116 valence electrons. The first kappa shape index (κ1) is 16.2. The van der Waals surface area contributed by atoms with Crippen LogP contribution in [0, 0.1) is 17.0 Å². The van der Waals surface area contributed by atoms with Crippen LogP contribution in [0.3, 0.4) is 0 Å². The highest BCUT2D eigenvalue weighted by atomic mass is 35.5. The average molecular weight is 334 g/mol. The number of nitrogens with zero attached hydrogens (tertiary/aromatic N) is 2. The number of sulfonamides is 1. The van der Waals surface area contributed by atoms with E-state index in [1.807, 2.05) is 0 Å². The predicted molar refractivity (Wildman–Crippen MR) is 79.1 cm³/mol. The van der Waals surface area contributed by atoms with Crippen molar-refractivity contribution in [2.24, 2.45) is 0 Å². The first-order valence-corrected chi connectivity index (χ1v) is 8.20. The highest BCUT2D eigenvalue weighted by Crippen LogP contribution is 2.34. The van der Waals surface area contributed by atoms with Gasteiger partial charge >= 0.3 is 0 Å². The number of nitro groups is 1. The number of aryl methyl sites for hydroxylation is 1. The molecule has 1 fully saturated rings. The molecule has 9 heteroatoms. The second-order valence-corrected chi connectivity index (χ2v) is 7.37. The lowest BCUT2D eigenvalue weighted by Crippen LogP contribution is -2.38. The summed E-state index contributed by atoms with van der Waals surface area (Å²) in [4.78, 5) is 10.1. The Hall–Kier alpha value is -1.22. The van der Waals surface area contributed by atoms with Crippen LogP contribution < -0.4 is 5.32 Å². The van der Waals surface area contributed by atoms with E-state index in [-0.39, 0.29) is 16.0 Å². The van der Waals surface area contributed by atoms with Crippen molar-refractivity contribution in [2.45, 2.75) is 24.3 Å². The molecule has 2 rings (SSSR count). The fourth-order valence-electron chi connectivity index (χ4n) is 2.34. The van der Waals surface area contributed by atoms with Crippen LogP contribution in [0.4, 0.5) is 5.69 Å². The molecule has 1 heterocycles. The summed E-state index contributed by atoms with van der Waals surface area (Å²) in [6.07, 6.45) is 0.696. The minimum atomic E-state index is -3.87. The molecule has 7 nitrogen and oxygen atoms in total. The number of hydrogen-bond donors (Lipinski definition) is 1. The Morgan fingerprint density at radius 3 is 2.67 bits per heavy atom. The van der Waals surface area contributed by atoms with Gasteiger partial charge in [0.15, 0.2) is 0 Å². The third-order valence-corrected chi connectivity index (χ3v) is 6.01. The molecule has 1 unspecified atom stereocenters. The Morgan fingerprint density at radius 1 is 1.48 bits per heavy atom. The summed E-state index contributed by atoms with van der Waals surface area (Å²) in [6, 6.07) is 2.45. The highest BCUT2D eigenvalue weighted by Gasteiger charge is 2.33. The van der Waals surface area contributed by atoms with Crippen LogP contribution >= 0.6 is 11.6 Å². The molecule has 1 aliphatic rings. The zero-order valence-corrected chi connectivity index (χ0v) is 13.2. The molecule has 1 aromatic rings. The maximum absolute atomic E-state index is 12.7. The van der Waals surface area contributed by atoms with Crippen LogP contribution in [0.5, 0.6) is 0 Å². The topological polar surface area (TPSA) is 92.5 Å². The van der Waals surface area contributed by atoms with Crippen molar-refractivity contribution in [1.82, 2.24) is 9.62 Å². The third-order valence-electron chi connectivity index (χ3n) is 3.57. The van der Waals surface area contributed by atoms with Crippen LogP contribution in [0.2, 0.25) is 5.02 Å². The van der Waals surface area contributed by atoms with Crippen molar-refractivity contribution in [1.29, 1.82) is 0 Å². The largest absolute Gasteiger partial charge is 0.315 e. The lowest BCUT2D eigenvalue weighted by Gasteiger charge is -2.23. The predicted octanol–water partition coefficient (Wildman–Crippen LogP) is 1.54. The van der Waals surface area contributed by atoms with E-state index in [4.69, 9.17) is 11.6 Å². The van der Waals surface area contributed by atoms with Gasteiger partial charge in [-0.1, -0.05) is 11.6 Å². The van der Waals surface area contributed by atoms with Gasteiger partial charge in [0.1, 0.15) is 9.92 Å². The van der Waals surface area contributed by atoms with Crippen molar-refractivity contribution >= 4 is 27.3 Å². The molecule has 1 aliphatic heterocycles. The van der Waals surface area contributed by atoms with E-state index in [9.17, 15) is 18.5 Å². The van der Waals surface area contributed by atoms with E-state index in [1.54, 1.807) is 6.92 Å². The van der Waals surface area contributed by atoms with Crippen LogP contribution in [0.1, 0.15) is 12.0 Å². The Labute approximate surface area is 128 Å². The van der Waals surface area contributed by atoms with Gasteiger partial charge in [-0.2, -0.15) is 4.31 Å². The number of benzene rings is 1. The summed E-state index contributed by atoms with van der Waals surface area (Å²) in [6.45, 7) is 2.90. The van der Waals surface area contributed by atoms with Crippen molar-refractivity contribution in [3.63, 3.8) is 0 Å². The maximum Gasteiger partial charge on any atom is 0.289 e. The van der Waals surface area contributed by atoms with Crippen molar-refractivity contribution in [3.8, 4) is 0 Å². The SMILES string of the molecule is Cc1cc([N+](=O)[O-])c(Cl)c(S(=O)(=O)N(C)C2CCNC2)c1. The monoisotopic (exact) mass is 333 g/mol. The Bertz CT molecular complexity index is 671. The minimum Gasteiger partial charge on any atom is -0.315 e. The van der Waals surface area contributed by atoms with E-state index in [0.717, 1.165) is 6.54 Å². The van der Waals surface area contributed by atoms with Gasteiger partial charge in [0, 0.05) is 25.7 Å². The van der Waals surface area contributed by atoms with Crippen molar-refractivity contribution < 1.29 is 13.3 Å². The molecule has 0 radical (unpaired) electrons. The molecule has 21 heavy (non-hydrogen) atoms. The number of nitrogens with one attached hydrogen (secondary N) is 1. The van der Waals surface area contributed by atoms with Gasteiger partial charge in [0.05, 0.1) is 4.92 Å².